The molecule has 1 aliphatic rings. The van der Waals surface area contributed by atoms with Gasteiger partial charge < -0.3 is 19.9 Å². The third-order valence-corrected chi connectivity index (χ3v) is 4.23. The molecule has 1 saturated carbocycles. The Bertz CT molecular complexity index is 422. The third kappa shape index (κ3) is 3.95. The first-order valence-electron chi connectivity index (χ1n) is 7.26. The number of benzene rings is 1. The normalized spacial score (nSPS) is 16.8. The zero-order valence-electron chi connectivity index (χ0n) is 13.1. The Hall–Kier alpha value is -1.13. The van der Waals surface area contributed by atoms with E-state index in [0.29, 0.717) is 23.2 Å². The largest absolute Gasteiger partial charge is 0.493 e. The maximum absolute atomic E-state index is 6.46. The predicted octanol–water partition coefficient (Wildman–Crippen LogP) is 3.71. The number of hydrogen-bond donors (Lipinski definition) is 1. The molecule has 0 aliphatic heterocycles. The fraction of sp³-hybridized carbons (Fsp3) is 0.625. The molecule has 1 atom stereocenters. The van der Waals surface area contributed by atoms with E-state index in [1.165, 1.54) is 32.1 Å². The highest BCUT2D eigenvalue weighted by Crippen LogP contribution is 2.42. The van der Waals surface area contributed by atoms with Crippen LogP contribution >= 0.6 is 12.4 Å². The Balaban J connectivity index is 0.00000220. The SMILES string of the molecule is COc1cc([C@H](N)C2CCCCC2)cc(OC)c1OC.Cl. The van der Waals surface area contributed by atoms with Crippen molar-refractivity contribution in [2.75, 3.05) is 21.3 Å². The first-order chi connectivity index (χ1) is 9.71. The van der Waals surface area contributed by atoms with Crippen molar-refractivity contribution in [1.82, 2.24) is 0 Å². The molecule has 120 valence electrons. The van der Waals surface area contributed by atoms with E-state index in [1.807, 2.05) is 12.1 Å². The standard InChI is InChI=1S/C16H25NO3.ClH/c1-18-13-9-12(10-14(19-2)16(13)20-3)15(17)11-7-5-4-6-8-11;/h9-11,15H,4-8,17H2,1-3H3;1H/t15-;/m1./s1. The van der Waals surface area contributed by atoms with Gasteiger partial charge in [0.1, 0.15) is 0 Å². The zero-order valence-corrected chi connectivity index (χ0v) is 13.9. The van der Waals surface area contributed by atoms with Crippen LogP contribution in [0, 0.1) is 5.92 Å². The number of halogens is 1. The minimum atomic E-state index is 0. The summed E-state index contributed by atoms with van der Waals surface area (Å²) in [5.41, 5.74) is 7.52. The monoisotopic (exact) mass is 315 g/mol. The van der Waals surface area contributed by atoms with E-state index < -0.39 is 0 Å². The van der Waals surface area contributed by atoms with Crippen molar-refractivity contribution < 1.29 is 14.2 Å². The molecule has 1 fully saturated rings. The zero-order chi connectivity index (χ0) is 14.5. The van der Waals surface area contributed by atoms with Gasteiger partial charge in [-0.3, -0.25) is 0 Å². The summed E-state index contributed by atoms with van der Waals surface area (Å²) in [5.74, 6) is 2.52. The van der Waals surface area contributed by atoms with Gasteiger partial charge in [-0.25, -0.2) is 0 Å². The van der Waals surface area contributed by atoms with Crippen LogP contribution in [-0.2, 0) is 0 Å². The van der Waals surface area contributed by atoms with E-state index in [4.69, 9.17) is 19.9 Å². The Morgan fingerprint density at radius 3 is 1.90 bits per heavy atom. The molecule has 0 saturated heterocycles. The average molecular weight is 316 g/mol. The molecule has 0 amide bonds. The smallest absolute Gasteiger partial charge is 0.203 e. The Morgan fingerprint density at radius 2 is 1.48 bits per heavy atom. The van der Waals surface area contributed by atoms with Crippen LogP contribution in [0.4, 0.5) is 0 Å². The summed E-state index contributed by atoms with van der Waals surface area (Å²) < 4.78 is 16.1. The number of nitrogens with two attached hydrogens (primary N) is 1. The average Bonchev–Trinajstić information content (AvgIpc) is 2.53. The molecule has 21 heavy (non-hydrogen) atoms. The van der Waals surface area contributed by atoms with Crippen LogP contribution in [0.1, 0.15) is 43.7 Å². The minimum Gasteiger partial charge on any atom is -0.493 e. The maximum Gasteiger partial charge on any atom is 0.203 e. The van der Waals surface area contributed by atoms with Gasteiger partial charge in [0.05, 0.1) is 21.3 Å². The fourth-order valence-corrected chi connectivity index (χ4v) is 3.06. The highest BCUT2D eigenvalue weighted by molar-refractivity contribution is 5.85. The first-order valence-corrected chi connectivity index (χ1v) is 7.26. The number of hydrogen-bond acceptors (Lipinski definition) is 4. The summed E-state index contributed by atoms with van der Waals surface area (Å²) in [4.78, 5) is 0. The molecule has 0 heterocycles. The van der Waals surface area contributed by atoms with Crippen molar-refractivity contribution in [3.05, 3.63) is 17.7 Å². The van der Waals surface area contributed by atoms with Crippen molar-refractivity contribution in [3.8, 4) is 17.2 Å². The molecule has 5 heteroatoms. The fourth-order valence-electron chi connectivity index (χ4n) is 3.06. The summed E-state index contributed by atoms with van der Waals surface area (Å²) in [5, 5.41) is 0. The molecule has 1 aromatic carbocycles. The van der Waals surface area contributed by atoms with Gasteiger partial charge in [-0.05, 0) is 36.5 Å². The first kappa shape index (κ1) is 17.9. The lowest BCUT2D eigenvalue weighted by molar-refractivity contribution is 0.302. The van der Waals surface area contributed by atoms with Crippen LogP contribution in [0.2, 0.25) is 0 Å². The van der Waals surface area contributed by atoms with E-state index in [0.717, 1.165) is 5.56 Å². The lowest BCUT2D eigenvalue weighted by Crippen LogP contribution is -2.23. The van der Waals surface area contributed by atoms with Gasteiger partial charge in [0, 0.05) is 6.04 Å². The summed E-state index contributed by atoms with van der Waals surface area (Å²) in [6.07, 6.45) is 6.31. The second-order valence-corrected chi connectivity index (χ2v) is 5.38. The summed E-state index contributed by atoms with van der Waals surface area (Å²) in [7, 11) is 4.88. The van der Waals surface area contributed by atoms with Gasteiger partial charge in [-0.2, -0.15) is 0 Å². The number of rotatable bonds is 5. The van der Waals surface area contributed by atoms with Crippen LogP contribution < -0.4 is 19.9 Å². The highest BCUT2D eigenvalue weighted by Gasteiger charge is 2.24. The van der Waals surface area contributed by atoms with Gasteiger partial charge in [0.25, 0.3) is 0 Å². The molecule has 0 spiro atoms. The van der Waals surface area contributed by atoms with Gasteiger partial charge in [-0.1, -0.05) is 19.3 Å². The van der Waals surface area contributed by atoms with E-state index in [-0.39, 0.29) is 18.4 Å². The summed E-state index contributed by atoms with van der Waals surface area (Å²) in [6.45, 7) is 0. The van der Waals surface area contributed by atoms with Crippen LogP contribution in [0.5, 0.6) is 17.2 Å². The third-order valence-electron chi connectivity index (χ3n) is 4.23. The molecule has 0 unspecified atom stereocenters. The lowest BCUT2D eigenvalue weighted by atomic mass is 9.81. The van der Waals surface area contributed by atoms with E-state index >= 15 is 0 Å². The van der Waals surface area contributed by atoms with Crippen LogP contribution in [0.25, 0.3) is 0 Å². The van der Waals surface area contributed by atoms with Gasteiger partial charge in [0.15, 0.2) is 11.5 Å². The van der Waals surface area contributed by atoms with Crippen molar-refractivity contribution in [1.29, 1.82) is 0 Å². The Labute approximate surface area is 133 Å². The van der Waals surface area contributed by atoms with E-state index in [9.17, 15) is 0 Å². The second-order valence-electron chi connectivity index (χ2n) is 5.38. The Kier molecular flexibility index (Phi) is 7.12. The number of methoxy groups -OCH3 is 3. The summed E-state index contributed by atoms with van der Waals surface area (Å²) in [6, 6.07) is 3.98. The van der Waals surface area contributed by atoms with E-state index in [2.05, 4.69) is 0 Å². The molecule has 0 aromatic heterocycles. The molecule has 1 aliphatic carbocycles. The van der Waals surface area contributed by atoms with Crippen molar-refractivity contribution in [3.63, 3.8) is 0 Å². The van der Waals surface area contributed by atoms with E-state index in [1.54, 1.807) is 21.3 Å². The maximum atomic E-state index is 6.46. The molecular weight excluding hydrogens is 290 g/mol. The summed E-state index contributed by atoms with van der Waals surface area (Å²) >= 11 is 0. The highest BCUT2D eigenvalue weighted by atomic mass is 35.5. The molecule has 1 aromatic rings. The molecule has 4 nitrogen and oxygen atoms in total. The molecular formula is C16H26ClNO3. The Morgan fingerprint density at radius 1 is 0.952 bits per heavy atom. The van der Waals surface area contributed by atoms with Crippen LogP contribution in [0.15, 0.2) is 12.1 Å². The number of ether oxygens (including phenoxy) is 3. The van der Waals surface area contributed by atoms with Crippen molar-refractivity contribution in [2.24, 2.45) is 11.7 Å². The topological polar surface area (TPSA) is 53.7 Å². The van der Waals surface area contributed by atoms with Gasteiger partial charge >= 0.3 is 0 Å². The molecule has 2 rings (SSSR count). The van der Waals surface area contributed by atoms with Crippen molar-refractivity contribution >= 4 is 12.4 Å². The van der Waals surface area contributed by atoms with Gasteiger partial charge in [-0.15, -0.1) is 12.4 Å². The molecule has 0 bridgehead atoms. The lowest BCUT2D eigenvalue weighted by Gasteiger charge is -2.28. The minimum absolute atomic E-state index is 0. The quantitative estimate of drug-likeness (QED) is 0.900. The second kappa shape index (κ2) is 8.35. The predicted molar refractivity (Wildman–Crippen MR) is 86.8 cm³/mol. The van der Waals surface area contributed by atoms with Gasteiger partial charge in [0.2, 0.25) is 5.75 Å². The molecule has 2 N–H and O–H groups in total. The van der Waals surface area contributed by atoms with Crippen LogP contribution in [-0.4, -0.2) is 21.3 Å². The van der Waals surface area contributed by atoms with Crippen LogP contribution in [0.3, 0.4) is 0 Å². The molecule has 0 radical (unpaired) electrons. The van der Waals surface area contributed by atoms with Crippen molar-refractivity contribution in [2.45, 2.75) is 38.1 Å².